The third-order valence-corrected chi connectivity index (χ3v) is 4.63. The van der Waals surface area contributed by atoms with Crippen LogP contribution in [0.2, 0.25) is 0 Å². The lowest BCUT2D eigenvalue weighted by molar-refractivity contribution is -0.145. The van der Waals surface area contributed by atoms with Crippen LogP contribution in [0.1, 0.15) is 51.9 Å². The van der Waals surface area contributed by atoms with Crippen LogP contribution in [0.4, 0.5) is 0 Å². The summed E-state index contributed by atoms with van der Waals surface area (Å²) in [4.78, 5) is 25.2. The third kappa shape index (κ3) is 4.03. The summed E-state index contributed by atoms with van der Waals surface area (Å²) in [6.45, 7) is 4.53. The maximum absolute atomic E-state index is 11.8. The first-order valence-electron chi connectivity index (χ1n) is 7.53. The topological polar surface area (TPSA) is 46.6 Å². The summed E-state index contributed by atoms with van der Waals surface area (Å²) in [6.07, 6.45) is 7.87. The maximum Gasteiger partial charge on any atom is 0.313 e. The number of nitrogens with zero attached hydrogens (tertiary/aromatic N) is 1. The Bertz CT molecular complexity index is 324. The van der Waals surface area contributed by atoms with Crippen molar-refractivity contribution in [3.63, 3.8) is 0 Å². The molecule has 1 saturated heterocycles. The van der Waals surface area contributed by atoms with E-state index in [0.717, 1.165) is 13.1 Å². The van der Waals surface area contributed by atoms with E-state index in [-0.39, 0.29) is 12.2 Å². The second-order valence-electron chi connectivity index (χ2n) is 6.00. The van der Waals surface area contributed by atoms with Crippen molar-refractivity contribution in [2.75, 3.05) is 26.2 Å². The van der Waals surface area contributed by atoms with Gasteiger partial charge in [-0.15, -0.1) is 0 Å². The molecule has 0 unspecified atom stereocenters. The summed E-state index contributed by atoms with van der Waals surface area (Å²) in [5.74, 6) is -0.405. The summed E-state index contributed by atoms with van der Waals surface area (Å²) in [5, 5.41) is 0. The van der Waals surface area contributed by atoms with Gasteiger partial charge in [0.15, 0.2) is 5.78 Å². The number of carbonyl (C=O) groups is 2. The average molecular weight is 267 g/mol. The van der Waals surface area contributed by atoms with Crippen LogP contribution in [-0.2, 0) is 14.3 Å². The van der Waals surface area contributed by atoms with Crippen LogP contribution in [0.15, 0.2) is 0 Å². The Morgan fingerprint density at radius 3 is 2.32 bits per heavy atom. The van der Waals surface area contributed by atoms with Crippen molar-refractivity contribution in [3.05, 3.63) is 0 Å². The Balaban J connectivity index is 1.70. The number of piperidine rings is 1. The van der Waals surface area contributed by atoms with Crippen molar-refractivity contribution < 1.29 is 14.3 Å². The van der Waals surface area contributed by atoms with Gasteiger partial charge in [0, 0.05) is 0 Å². The van der Waals surface area contributed by atoms with Gasteiger partial charge in [-0.1, -0.05) is 12.8 Å². The molecule has 0 amide bonds. The van der Waals surface area contributed by atoms with E-state index >= 15 is 0 Å². The van der Waals surface area contributed by atoms with Crippen molar-refractivity contribution in [3.8, 4) is 0 Å². The van der Waals surface area contributed by atoms with E-state index in [4.69, 9.17) is 4.74 Å². The second kappa shape index (κ2) is 6.51. The summed E-state index contributed by atoms with van der Waals surface area (Å²) in [5.41, 5.74) is 0.584. The molecule has 4 heteroatoms. The van der Waals surface area contributed by atoms with Crippen molar-refractivity contribution in [2.24, 2.45) is 5.41 Å². The number of ether oxygens (including phenoxy) is 1. The van der Waals surface area contributed by atoms with Gasteiger partial charge in [0.2, 0.25) is 0 Å². The molecule has 0 atom stereocenters. The molecule has 19 heavy (non-hydrogen) atoms. The Labute approximate surface area is 115 Å². The highest BCUT2D eigenvalue weighted by Gasteiger charge is 2.37. The number of ketones is 1. The molecule has 0 aromatic rings. The van der Waals surface area contributed by atoms with Crippen molar-refractivity contribution >= 4 is 11.8 Å². The molecule has 1 aliphatic carbocycles. The first kappa shape index (κ1) is 14.5. The van der Waals surface area contributed by atoms with E-state index in [1.54, 1.807) is 6.92 Å². The number of Topliss-reactive ketones (excluding diaryl/α,β-unsaturated/α-hetero) is 1. The Morgan fingerprint density at radius 2 is 1.74 bits per heavy atom. The predicted molar refractivity (Wildman–Crippen MR) is 72.8 cm³/mol. The molecule has 0 bridgehead atoms. The predicted octanol–water partition coefficient (Wildman–Crippen LogP) is 2.16. The number of hydrogen-bond donors (Lipinski definition) is 0. The molecular formula is C15H25NO3. The van der Waals surface area contributed by atoms with Gasteiger partial charge in [0.1, 0.15) is 6.42 Å². The van der Waals surface area contributed by atoms with E-state index in [2.05, 4.69) is 4.90 Å². The van der Waals surface area contributed by atoms with Gasteiger partial charge in [0.05, 0.1) is 13.2 Å². The summed E-state index contributed by atoms with van der Waals surface area (Å²) in [7, 11) is 0. The lowest BCUT2D eigenvalue weighted by atomic mass is 9.77. The second-order valence-corrected chi connectivity index (χ2v) is 6.00. The van der Waals surface area contributed by atoms with Gasteiger partial charge in [-0.25, -0.2) is 0 Å². The maximum atomic E-state index is 11.8. The third-order valence-electron chi connectivity index (χ3n) is 4.63. The largest absolute Gasteiger partial charge is 0.466 e. The van der Waals surface area contributed by atoms with Gasteiger partial charge < -0.3 is 4.74 Å². The van der Waals surface area contributed by atoms with Crippen LogP contribution in [0.25, 0.3) is 0 Å². The standard InChI is InChI=1S/C15H25NO3/c1-2-19-14(18)11-13(17)12-16-9-7-15(8-10-16)5-3-4-6-15/h2-12H2,1H3. The average Bonchev–Trinajstić information content (AvgIpc) is 2.81. The van der Waals surface area contributed by atoms with E-state index < -0.39 is 5.97 Å². The summed E-state index contributed by atoms with van der Waals surface area (Å²) >= 11 is 0. The van der Waals surface area contributed by atoms with Crippen molar-refractivity contribution in [1.82, 2.24) is 4.90 Å². The fourth-order valence-electron chi connectivity index (χ4n) is 3.49. The quantitative estimate of drug-likeness (QED) is 0.566. The minimum atomic E-state index is -0.392. The van der Waals surface area contributed by atoms with Gasteiger partial charge in [-0.05, 0) is 51.1 Å². The first-order valence-corrected chi connectivity index (χ1v) is 7.53. The number of hydrogen-bond acceptors (Lipinski definition) is 4. The Hall–Kier alpha value is -0.900. The number of rotatable bonds is 5. The highest BCUT2D eigenvalue weighted by atomic mass is 16.5. The number of likely N-dealkylation sites (tertiary alicyclic amines) is 1. The van der Waals surface area contributed by atoms with Crippen LogP contribution < -0.4 is 0 Å². The number of esters is 1. The van der Waals surface area contributed by atoms with Crippen molar-refractivity contribution in [1.29, 1.82) is 0 Å². The van der Waals surface area contributed by atoms with Crippen LogP contribution in [0, 0.1) is 5.41 Å². The van der Waals surface area contributed by atoms with Gasteiger partial charge >= 0.3 is 5.97 Å². The normalized spacial score (nSPS) is 22.6. The molecule has 1 heterocycles. The van der Waals surface area contributed by atoms with Crippen molar-refractivity contribution in [2.45, 2.75) is 51.9 Å². The molecule has 1 aliphatic heterocycles. The van der Waals surface area contributed by atoms with Gasteiger partial charge in [-0.2, -0.15) is 0 Å². The van der Waals surface area contributed by atoms with Gasteiger partial charge in [0.25, 0.3) is 0 Å². The lowest BCUT2D eigenvalue weighted by Gasteiger charge is -2.39. The fourth-order valence-corrected chi connectivity index (χ4v) is 3.49. The molecule has 108 valence electrons. The smallest absolute Gasteiger partial charge is 0.313 e. The molecule has 0 N–H and O–H groups in total. The molecule has 0 aromatic carbocycles. The van der Waals surface area contributed by atoms with Crippen LogP contribution in [-0.4, -0.2) is 42.9 Å². The van der Waals surface area contributed by atoms with E-state index in [0.29, 0.717) is 18.6 Å². The minimum Gasteiger partial charge on any atom is -0.466 e. The SMILES string of the molecule is CCOC(=O)CC(=O)CN1CCC2(CCCC2)CC1. The zero-order chi connectivity index (χ0) is 13.7. The van der Waals surface area contributed by atoms with Crippen LogP contribution in [0.5, 0.6) is 0 Å². The zero-order valence-electron chi connectivity index (χ0n) is 12.0. The highest BCUT2D eigenvalue weighted by Crippen LogP contribution is 2.45. The highest BCUT2D eigenvalue weighted by molar-refractivity contribution is 5.96. The monoisotopic (exact) mass is 267 g/mol. The Kier molecular flexibility index (Phi) is 4.97. The molecular weight excluding hydrogens is 242 g/mol. The first-order chi connectivity index (χ1) is 9.13. The molecule has 4 nitrogen and oxygen atoms in total. The molecule has 2 aliphatic rings. The molecule has 1 spiro atoms. The summed E-state index contributed by atoms with van der Waals surface area (Å²) < 4.78 is 4.80. The Morgan fingerprint density at radius 1 is 1.11 bits per heavy atom. The molecule has 0 radical (unpaired) electrons. The van der Waals surface area contributed by atoms with E-state index in [1.165, 1.54) is 38.5 Å². The molecule has 2 fully saturated rings. The zero-order valence-corrected chi connectivity index (χ0v) is 12.0. The number of carbonyl (C=O) groups excluding carboxylic acids is 2. The molecule has 0 aromatic heterocycles. The van der Waals surface area contributed by atoms with Gasteiger partial charge in [-0.3, -0.25) is 14.5 Å². The van der Waals surface area contributed by atoms with Crippen LogP contribution >= 0.6 is 0 Å². The van der Waals surface area contributed by atoms with Crippen LogP contribution in [0.3, 0.4) is 0 Å². The molecule has 2 rings (SSSR count). The lowest BCUT2D eigenvalue weighted by Crippen LogP contribution is -2.41. The van der Waals surface area contributed by atoms with E-state index in [1.807, 2.05) is 0 Å². The summed E-state index contributed by atoms with van der Waals surface area (Å²) in [6, 6.07) is 0. The molecule has 1 saturated carbocycles. The van der Waals surface area contributed by atoms with E-state index in [9.17, 15) is 9.59 Å². The minimum absolute atomic E-state index is 0.0131. The fraction of sp³-hybridized carbons (Fsp3) is 0.867.